The Bertz CT molecular complexity index is 257. The van der Waals surface area contributed by atoms with Crippen LogP contribution in [0.1, 0.15) is 32.6 Å². The number of ether oxygens (including phenoxy) is 1. The minimum Gasteiger partial charge on any atom is -0.462 e. The summed E-state index contributed by atoms with van der Waals surface area (Å²) in [4.78, 5) is 14.8. The average molecular weight is 227 g/mol. The molecule has 0 bridgehead atoms. The zero-order valence-electron chi connectivity index (χ0n) is 9.12. The summed E-state index contributed by atoms with van der Waals surface area (Å²) in [7, 11) is 0. The number of nitrogens with zero attached hydrogens (tertiary/aromatic N) is 1. The summed E-state index contributed by atoms with van der Waals surface area (Å²) in [6.07, 6.45) is 4.01. The Morgan fingerprint density at radius 1 is 1.40 bits per heavy atom. The third-order valence-corrected chi connectivity index (χ3v) is 1.94. The van der Waals surface area contributed by atoms with Crippen molar-refractivity contribution in [3.05, 3.63) is 12.2 Å². The van der Waals surface area contributed by atoms with Gasteiger partial charge in [0.15, 0.2) is 0 Å². The molecule has 0 radical (unpaired) electrons. The number of rotatable bonds is 8. The van der Waals surface area contributed by atoms with Gasteiger partial charge in [0, 0.05) is 12.1 Å². The van der Waals surface area contributed by atoms with Crippen molar-refractivity contribution in [3.8, 4) is 0 Å². The fraction of sp³-hybridized carbons (Fsp3) is 0.636. The van der Waals surface area contributed by atoms with E-state index in [1.54, 1.807) is 6.92 Å². The van der Waals surface area contributed by atoms with Gasteiger partial charge in [0.05, 0.1) is 11.8 Å². The molecule has 0 aromatic carbocycles. The van der Waals surface area contributed by atoms with Crippen molar-refractivity contribution in [2.45, 2.75) is 32.6 Å². The highest BCUT2D eigenvalue weighted by Gasteiger charge is 2.01. The van der Waals surface area contributed by atoms with Crippen molar-refractivity contribution in [3.63, 3.8) is 0 Å². The second kappa shape index (κ2) is 9.56. The molecule has 0 heterocycles. The normalized spacial score (nSPS) is 9.13. The fourth-order valence-corrected chi connectivity index (χ4v) is 1.07. The second-order valence-corrected chi connectivity index (χ2v) is 3.49. The maximum Gasteiger partial charge on any atom is 0.333 e. The van der Waals surface area contributed by atoms with Crippen LogP contribution in [0.15, 0.2) is 17.1 Å². The zero-order chi connectivity index (χ0) is 11.5. The van der Waals surface area contributed by atoms with Crippen molar-refractivity contribution < 1.29 is 9.53 Å². The van der Waals surface area contributed by atoms with Crippen LogP contribution in [0.25, 0.3) is 0 Å². The van der Waals surface area contributed by atoms with Crippen molar-refractivity contribution >= 4 is 23.3 Å². The first-order valence-electron chi connectivity index (χ1n) is 5.04. The molecule has 0 fully saturated rings. The maximum atomic E-state index is 11.0. The van der Waals surface area contributed by atoms with Gasteiger partial charge in [0.2, 0.25) is 0 Å². The molecule has 0 aliphatic rings. The molecule has 3 nitrogen and oxygen atoms in total. The third kappa shape index (κ3) is 9.32. The number of hydrogen-bond donors (Lipinski definition) is 0. The van der Waals surface area contributed by atoms with E-state index in [1.807, 2.05) is 0 Å². The van der Waals surface area contributed by atoms with E-state index in [4.69, 9.17) is 4.74 Å². The number of carbonyl (C=O) groups is 1. The number of thiocarbonyl (C=S) groups is 1. The molecule has 0 rings (SSSR count). The van der Waals surface area contributed by atoms with Crippen LogP contribution >= 0.6 is 12.2 Å². The summed E-state index contributed by atoms with van der Waals surface area (Å²) in [5.41, 5.74) is 0.449. The summed E-state index contributed by atoms with van der Waals surface area (Å²) >= 11 is 4.44. The monoisotopic (exact) mass is 227 g/mol. The van der Waals surface area contributed by atoms with Crippen LogP contribution in [0, 0.1) is 0 Å². The van der Waals surface area contributed by atoms with Gasteiger partial charge in [-0.25, -0.2) is 9.79 Å². The molecule has 0 aromatic heterocycles. The zero-order valence-corrected chi connectivity index (χ0v) is 9.94. The van der Waals surface area contributed by atoms with E-state index in [-0.39, 0.29) is 5.97 Å². The molecule has 4 heteroatoms. The van der Waals surface area contributed by atoms with Gasteiger partial charge in [-0.05, 0) is 38.4 Å². The van der Waals surface area contributed by atoms with Gasteiger partial charge < -0.3 is 4.74 Å². The molecule has 0 spiro atoms. The second-order valence-electron chi connectivity index (χ2n) is 3.30. The molecule has 0 unspecified atom stereocenters. The molecule has 0 N–H and O–H groups in total. The minimum atomic E-state index is -0.305. The van der Waals surface area contributed by atoms with Gasteiger partial charge in [0.1, 0.15) is 0 Å². The highest BCUT2D eigenvalue weighted by molar-refractivity contribution is 7.78. The lowest BCUT2D eigenvalue weighted by molar-refractivity contribution is -0.139. The number of esters is 1. The Morgan fingerprint density at radius 3 is 2.67 bits per heavy atom. The lowest BCUT2D eigenvalue weighted by Crippen LogP contribution is -2.06. The standard InChI is InChI=1S/C11H17NO2S/c1-10(2)11(13)14-8-6-4-3-5-7-12-9-15/h1,3-8H2,2H3. The van der Waals surface area contributed by atoms with Crippen molar-refractivity contribution in [2.24, 2.45) is 4.99 Å². The maximum absolute atomic E-state index is 11.0. The fourth-order valence-electron chi connectivity index (χ4n) is 0.980. The molecule has 0 aromatic rings. The predicted molar refractivity (Wildman–Crippen MR) is 64.1 cm³/mol. The van der Waals surface area contributed by atoms with Gasteiger partial charge in [-0.2, -0.15) is 0 Å². The van der Waals surface area contributed by atoms with E-state index in [0.29, 0.717) is 12.2 Å². The average Bonchev–Trinajstić information content (AvgIpc) is 2.21. The summed E-state index contributed by atoms with van der Waals surface area (Å²) < 4.78 is 4.94. The van der Waals surface area contributed by atoms with E-state index in [9.17, 15) is 4.79 Å². The quantitative estimate of drug-likeness (QED) is 0.210. The summed E-state index contributed by atoms with van der Waals surface area (Å²) in [5.74, 6) is -0.305. The number of isothiocyanates is 1. The lowest BCUT2D eigenvalue weighted by Gasteiger charge is -2.03. The number of aliphatic imine (C=N–C) groups is 1. The molecule has 0 aliphatic heterocycles. The van der Waals surface area contributed by atoms with Crippen LogP contribution in [0.3, 0.4) is 0 Å². The first-order valence-corrected chi connectivity index (χ1v) is 5.45. The Labute approximate surface area is 96.2 Å². The third-order valence-electron chi connectivity index (χ3n) is 1.81. The Balaban J connectivity index is 3.21. The molecular formula is C11H17NO2S. The summed E-state index contributed by atoms with van der Waals surface area (Å²) in [6, 6.07) is 0. The first-order chi connectivity index (χ1) is 7.18. The van der Waals surface area contributed by atoms with Crippen LogP contribution in [0.4, 0.5) is 0 Å². The highest BCUT2D eigenvalue weighted by Crippen LogP contribution is 2.01. The van der Waals surface area contributed by atoms with E-state index in [2.05, 4.69) is 29.0 Å². The van der Waals surface area contributed by atoms with Gasteiger partial charge in [-0.15, -0.1) is 0 Å². The van der Waals surface area contributed by atoms with Crippen molar-refractivity contribution in [1.82, 2.24) is 0 Å². The molecule has 0 saturated heterocycles. The van der Waals surface area contributed by atoms with Crippen molar-refractivity contribution in [1.29, 1.82) is 0 Å². The summed E-state index contributed by atoms with van der Waals surface area (Å²) in [6.45, 7) is 6.36. The van der Waals surface area contributed by atoms with Crippen LogP contribution in [0.5, 0.6) is 0 Å². The van der Waals surface area contributed by atoms with E-state index in [1.165, 1.54) is 0 Å². The highest BCUT2D eigenvalue weighted by atomic mass is 32.1. The minimum absolute atomic E-state index is 0.305. The smallest absolute Gasteiger partial charge is 0.333 e. The molecule has 0 saturated carbocycles. The Kier molecular flexibility index (Phi) is 8.93. The Morgan fingerprint density at radius 2 is 2.07 bits per heavy atom. The van der Waals surface area contributed by atoms with E-state index in [0.717, 1.165) is 32.2 Å². The predicted octanol–water partition coefficient (Wildman–Crippen LogP) is 2.77. The first kappa shape index (κ1) is 14.0. The van der Waals surface area contributed by atoms with E-state index >= 15 is 0 Å². The van der Waals surface area contributed by atoms with Crippen molar-refractivity contribution in [2.75, 3.05) is 13.2 Å². The van der Waals surface area contributed by atoms with Crippen LogP contribution in [-0.4, -0.2) is 24.3 Å². The van der Waals surface area contributed by atoms with Gasteiger partial charge >= 0.3 is 5.97 Å². The molecule has 0 aliphatic carbocycles. The van der Waals surface area contributed by atoms with Gasteiger partial charge in [-0.3, -0.25) is 0 Å². The van der Waals surface area contributed by atoms with E-state index < -0.39 is 0 Å². The van der Waals surface area contributed by atoms with Crippen LogP contribution < -0.4 is 0 Å². The number of carbonyl (C=O) groups excluding carboxylic acids is 1. The SMILES string of the molecule is C=C(C)C(=O)OCCCCCCN=C=S. The summed E-state index contributed by atoms with van der Waals surface area (Å²) in [5, 5.41) is 2.33. The van der Waals surface area contributed by atoms with Crippen LogP contribution in [-0.2, 0) is 9.53 Å². The molecule has 0 amide bonds. The Hall–Kier alpha value is -0.990. The van der Waals surface area contributed by atoms with Crippen LogP contribution in [0.2, 0.25) is 0 Å². The number of hydrogen-bond acceptors (Lipinski definition) is 4. The van der Waals surface area contributed by atoms with Gasteiger partial charge in [-0.1, -0.05) is 13.0 Å². The largest absolute Gasteiger partial charge is 0.462 e. The molecule has 0 atom stereocenters. The molecule has 84 valence electrons. The van der Waals surface area contributed by atoms with Gasteiger partial charge in [0.25, 0.3) is 0 Å². The topological polar surface area (TPSA) is 38.7 Å². The molecule has 15 heavy (non-hydrogen) atoms. The molecular weight excluding hydrogens is 210 g/mol. The number of unbranched alkanes of at least 4 members (excludes halogenated alkanes) is 3. The lowest BCUT2D eigenvalue weighted by atomic mass is 10.2.